The maximum atomic E-state index is 12.8. The Morgan fingerprint density at radius 1 is 1.46 bits per heavy atom. The van der Waals surface area contributed by atoms with E-state index >= 15 is 0 Å². The van der Waals surface area contributed by atoms with Gasteiger partial charge >= 0.3 is 12.2 Å². The molecule has 2 heterocycles. The fourth-order valence-corrected chi connectivity index (χ4v) is 2.41. The predicted octanol–water partition coefficient (Wildman–Crippen LogP) is 0.507. The van der Waals surface area contributed by atoms with Crippen LogP contribution in [-0.2, 0) is 10.9 Å². The quantitative estimate of drug-likeness (QED) is 0.740. The maximum Gasteiger partial charge on any atom is 0.433 e. The summed E-state index contributed by atoms with van der Waals surface area (Å²) in [6.45, 7) is 1.94. The summed E-state index contributed by atoms with van der Waals surface area (Å²) in [6, 6.07) is -0.919. The van der Waals surface area contributed by atoms with Crippen LogP contribution in [0.2, 0.25) is 0 Å². The zero-order valence-electron chi connectivity index (χ0n) is 13.2. The molecule has 1 saturated heterocycles. The number of H-pyrrole nitrogens is 1. The third-order valence-corrected chi connectivity index (χ3v) is 3.71. The lowest BCUT2D eigenvalue weighted by Crippen LogP contribution is -2.54. The molecule has 3 amide bonds. The van der Waals surface area contributed by atoms with E-state index in [2.05, 4.69) is 15.7 Å². The molecule has 1 aliphatic rings. The standard InChI is InChI=1S/C13H18F3N5O3/c1-7-9(19-20-10(7)13(14,15)16)11(22)21-3-4-24-6-8(21)5-18-12(23)17-2/h8H,3-6H2,1-2H3,(H,19,20)(H2,17,18,23). The third kappa shape index (κ3) is 3.78. The van der Waals surface area contributed by atoms with E-state index in [-0.39, 0.29) is 37.6 Å². The van der Waals surface area contributed by atoms with E-state index in [1.165, 1.54) is 18.9 Å². The monoisotopic (exact) mass is 349 g/mol. The number of urea groups is 1. The first-order chi connectivity index (χ1) is 11.3. The molecular formula is C13H18F3N5O3. The summed E-state index contributed by atoms with van der Waals surface area (Å²) in [5.74, 6) is -0.633. The van der Waals surface area contributed by atoms with Crippen LogP contribution in [0.15, 0.2) is 0 Å². The number of nitrogens with one attached hydrogen (secondary N) is 3. The minimum Gasteiger partial charge on any atom is -0.377 e. The van der Waals surface area contributed by atoms with Gasteiger partial charge in [-0.25, -0.2) is 4.79 Å². The summed E-state index contributed by atoms with van der Waals surface area (Å²) in [7, 11) is 1.45. The molecule has 1 unspecified atom stereocenters. The fourth-order valence-electron chi connectivity index (χ4n) is 2.41. The van der Waals surface area contributed by atoms with Gasteiger partial charge in [-0.1, -0.05) is 0 Å². The molecule has 0 saturated carbocycles. The lowest BCUT2D eigenvalue weighted by Gasteiger charge is -2.35. The molecule has 0 aliphatic carbocycles. The highest BCUT2D eigenvalue weighted by Gasteiger charge is 2.38. The Hall–Kier alpha value is -2.30. The number of hydrogen-bond donors (Lipinski definition) is 3. The number of hydrogen-bond acceptors (Lipinski definition) is 4. The molecule has 1 aromatic rings. The summed E-state index contributed by atoms with van der Waals surface area (Å²) in [5.41, 5.74) is -1.58. The number of carbonyl (C=O) groups is 2. The molecular weight excluding hydrogens is 331 g/mol. The van der Waals surface area contributed by atoms with Gasteiger partial charge < -0.3 is 20.3 Å². The van der Waals surface area contributed by atoms with Crippen LogP contribution in [0, 0.1) is 6.92 Å². The third-order valence-electron chi connectivity index (χ3n) is 3.71. The van der Waals surface area contributed by atoms with E-state index in [0.717, 1.165) is 0 Å². The lowest BCUT2D eigenvalue weighted by molar-refractivity contribution is -0.141. The van der Waals surface area contributed by atoms with Crippen molar-refractivity contribution in [1.29, 1.82) is 0 Å². The molecule has 3 N–H and O–H groups in total. The zero-order chi connectivity index (χ0) is 17.9. The second kappa shape index (κ2) is 7.07. The largest absolute Gasteiger partial charge is 0.433 e. The van der Waals surface area contributed by atoms with Crippen LogP contribution in [0.25, 0.3) is 0 Å². The first kappa shape index (κ1) is 18.0. The summed E-state index contributed by atoms with van der Waals surface area (Å²) in [4.78, 5) is 25.2. The Bertz CT molecular complexity index is 616. The van der Waals surface area contributed by atoms with E-state index in [4.69, 9.17) is 4.74 Å². The molecule has 24 heavy (non-hydrogen) atoms. The number of aromatic nitrogens is 2. The molecule has 1 aliphatic heterocycles. The van der Waals surface area contributed by atoms with Crippen molar-refractivity contribution in [3.8, 4) is 0 Å². The number of rotatable bonds is 3. The number of morpholine rings is 1. The molecule has 2 rings (SSSR count). The second-order valence-corrected chi connectivity index (χ2v) is 5.26. The number of aromatic amines is 1. The van der Waals surface area contributed by atoms with Gasteiger partial charge in [0.05, 0.1) is 19.3 Å². The van der Waals surface area contributed by atoms with Crippen LogP contribution in [0.1, 0.15) is 21.7 Å². The van der Waals surface area contributed by atoms with Crippen molar-refractivity contribution in [3.05, 3.63) is 17.0 Å². The molecule has 1 fully saturated rings. The molecule has 11 heteroatoms. The average molecular weight is 349 g/mol. The summed E-state index contributed by atoms with van der Waals surface area (Å²) >= 11 is 0. The molecule has 8 nitrogen and oxygen atoms in total. The normalized spacial score (nSPS) is 18.4. The van der Waals surface area contributed by atoms with Crippen molar-refractivity contribution >= 4 is 11.9 Å². The molecule has 1 atom stereocenters. The Kier molecular flexibility index (Phi) is 5.32. The van der Waals surface area contributed by atoms with Gasteiger partial charge in [0.15, 0.2) is 5.69 Å². The summed E-state index contributed by atoms with van der Waals surface area (Å²) < 4.78 is 43.7. The van der Waals surface area contributed by atoms with Crippen molar-refractivity contribution in [2.75, 3.05) is 33.4 Å². The number of carbonyl (C=O) groups excluding carboxylic acids is 2. The van der Waals surface area contributed by atoms with Crippen LogP contribution in [-0.4, -0.2) is 66.4 Å². The van der Waals surface area contributed by atoms with Crippen LogP contribution in [0.5, 0.6) is 0 Å². The number of halogens is 3. The number of alkyl halides is 3. The van der Waals surface area contributed by atoms with Crippen LogP contribution >= 0.6 is 0 Å². The van der Waals surface area contributed by atoms with Gasteiger partial charge in [-0.2, -0.15) is 18.3 Å². The Labute approximate surface area is 135 Å². The number of amides is 3. The van der Waals surface area contributed by atoms with Gasteiger partial charge in [-0.15, -0.1) is 0 Å². The van der Waals surface area contributed by atoms with Crippen LogP contribution in [0.3, 0.4) is 0 Å². The van der Waals surface area contributed by atoms with Crippen molar-refractivity contribution in [3.63, 3.8) is 0 Å². The summed E-state index contributed by atoms with van der Waals surface area (Å²) in [6.07, 6.45) is -4.61. The van der Waals surface area contributed by atoms with Gasteiger partial charge in [-0.05, 0) is 6.92 Å². The van der Waals surface area contributed by atoms with Gasteiger partial charge in [0.1, 0.15) is 5.69 Å². The van der Waals surface area contributed by atoms with E-state index in [1.54, 1.807) is 0 Å². The van der Waals surface area contributed by atoms with Gasteiger partial charge in [0.2, 0.25) is 0 Å². The van der Waals surface area contributed by atoms with Crippen molar-refractivity contribution < 1.29 is 27.5 Å². The Morgan fingerprint density at radius 3 is 2.75 bits per heavy atom. The second-order valence-electron chi connectivity index (χ2n) is 5.26. The average Bonchev–Trinajstić information content (AvgIpc) is 2.94. The molecule has 0 spiro atoms. The van der Waals surface area contributed by atoms with Gasteiger partial charge in [0.25, 0.3) is 5.91 Å². The van der Waals surface area contributed by atoms with Crippen molar-refractivity contribution in [2.45, 2.75) is 19.1 Å². The molecule has 0 bridgehead atoms. The maximum absolute atomic E-state index is 12.8. The highest BCUT2D eigenvalue weighted by molar-refractivity contribution is 5.94. The first-order valence-electron chi connectivity index (χ1n) is 7.22. The molecule has 134 valence electrons. The summed E-state index contributed by atoms with van der Waals surface area (Å²) in [5, 5.41) is 10.3. The predicted molar refractivity (Wildman–Crippen MR) is 76.4 cm³/mol. The van der Waals surface area contributed by atoms with Crippen molar-refractivity contribution in [1.82, 2.24) is 25.7 Å². The Morgan fingerprint density at radius 2 is 2.17 bits per heavy atom. The molecule has 1 aromatic heterocycles. The van der Waals surface area contributed by atoms with E-state index in [9.17, 15) is 22.8 Å². The topological polar surface area (TPSA) is 99.3 Å². The first-order valence-corrected chi connectivity index (χ1v) is 7.22. The Balaban J connectivity index is 2.17. The van der Waals surface area contributed by atoms with E-state index < -0.39 is 29.9 Å². The highest BCUT2D eigenvalue weighted by Crippen LogP contribution is 2.31. The number of nitrogens with zero attached hydrogens (tertiary/aromatic N) is 2. The minimum atomic E-state index is -4.61. The minimum absolute atomic E-state index is 0.112. The zero-order valence-corrected chi connectivity index (χ0v) is 13.2. The van der Waals surface area contributed by atoms with Crippen LogP contribution in [0.4, 0.5) is 18.0 Å². The molecule has 0 aromatic carbocycles. The smallest absolute Gasteiger partial charge is 0.377 e. The van der Waals surface area contributed by atoms with E-state index in [0.29, 0.717) is 0 Å². The number of ether oxygens (including phenoxy) is 1. The molecule has 0 radical (unpaired) electrons. The lowest BCUT2D eigenvalue weighted by atomic mass is 10.1. The fraction of sp³-hybridized carbons (Fsp3) is 0.615. The van der Waals surface area contributed by atoms with Crippen molar-refractivity contribution in [2.24, 2.45) is 0 Å². The van der Waals surface area contributed by atoms with E-state index in [1.807, 2.05) is 5.10 Å². The van der Waals surface area contributed by atoms with Gasteiger partial charge in [0, 0.05) is 25.7 Å². The van der Waals surface area contributed by atoms with Gasteiger partial charge in [-0.3, -0.25) is 9.89 Å². The SMILES string of the molecule is CNC(=O)NCC1COCCN1C(=O)c1n[nH]c(C(F)(F)F)c1C. The highest BCUT2D eigenvalue weighted by atomic mass is 19.4. The van der Waals surface area contributed by atoms with Crippen LogP contribution < -0.4 is 10.6 Å².